The molecule has 2 heterocycles. The normalized spacial score (nSPS) is 17.8. The Kier molecular flexibility index (Phi) is 6.36. The highest BCUT2D eigenvalue weighted by Gasteiger charge is 2.48. The summed E-state index contributed by atoms with van der Waals surface area (Å²) in [7, 11) is 1.53. The Morgan fingerprint density at radius 1 is 0.971 bits per heavy atom. The van der Waals surface area contributed by atoms with Gasteiger partial charge in [0.1, 0.15) is 17.6 Å². The predicted molar refractivity (Wildman–Crippen MR) is 141 cm³/mol. The number of ketones is 1. The van der Waals surface area contributed by atoms with E-state index in [9.17, 15) is 14.7 Å². The predicted octanol–water partition coefficient (Wildman–Crippen LogP) is 6.61. The number of ether oxygens (including phenoxy) is 1. The summed E-state index contributed by atoms with van der Waals surface area (Å²) in [4.78, 5) is 29.3. The first-order valence-electron chi connectivity index (χ1n) is 11.6. The van der Waals surface area contributed by atoms with Crippen molar-refractivity contribution in [3.8, 4) is 5.75 Å². The molecule has 0 saturated carbocycles. The summed E-state index contributed by atoms with van der Waals surface area (Å²) in [6.45, 7) is 12.2. The van der Waals surface area contributed by atoms with Crippen LogP contribution in [0.4, 0.5) is 5.69 Å². The topological polar surface area (TPSA) is 66.8 Å². The van der Waals surface area contributed by atoms with Gasteiger partial charge in [-0.1, -0.05) is 32.9 Å². The van der Waals surface area contributed by atoms with Crippen LogP contribution in [0.15, 0.2) is 53.4 Å². The highest BCUT2D eigenvalue weighted by Crippen LogP contribution is 2.46. The van der Waals surface area contributed by atoms with E-state index in [0.717, 1.165) is 27.1 Å². The van der Waals surface area contributed by atoms with E-state index < -0.39 is 17.7 Å². The van der Waals surface area contributed by atoms with E-state index in [1.165, 1.54) is 23.3 Å². The number of anilines is 1. The van der Waals surface area contributed by atoms with Crippen molar-refractivity contribution in [3.05, 3.63) is 86.1 Å². The Balaban J connectivity index is 2.00. The minimum absolute atomic E-state index is 0.0723. The lowest BCUT2D eigenvalue weighted by molar-refractivity contribution is -0.132. The van der Waals surface area contributed by atoms with Crippen molar-refractivity contribution in [2.24, 2.45) is 0 Å². The summed E-state index contributed by atoms with van der Waals surface area (Å²) < 4.78 is 5.54. The van der Waals surface area contributed by atoms with Crippen molar-refractivity contribution >= 4 is 34.5 Å². The van der Waals surface area contributed by atoms with Crippen LogP contribution in [0.5, 0.6) is 5.75 Å². The molecular weight excluding hydrogens is 458 g/mol. The fourth-order valence-corrected chi connectivity index (χ4v) is 5.42. The molecule has 182 valence electrons. The van der Waals surface area contributed by atoms with Gasteiger partial charge in [-0.25, -0.2) is 0 Å². The standard InChI is InChI=1S/C29H31NO4S/c1-16-8-10-20(14-18(16)3)30-24(27-17(2)12-13-35-27)23(26(32)28(30)33)25(31)21-15-19(29(4,5)6)9-11-22(21)34-7/h8-15,24,31H,1-7H3/b25-23+. The molecule has 0 radical (unpaired) electrons. The highest BCUT2D eigenvalue weighted by atomic mass is 32.1. The number of Topliss-reactive ketones (excluding diaryl/α,β-unsaturated/α-hetero) is 1. The number of carbonyl (C=O) groups is 2. The fourth-order valence-electron chi connectivity index (χ4n) is 4.39. The van der Waals surface area contributed by atoms with Gasteiger partial charge >= 0.3 is 0 Å². The molecule has 1 atom stereocenters. The quantitative estimate of drug-likeness (QED) is 0.255. The van der Waals surface area contributed by atoms with Gasteiger partial charge < -0.3 is 9.84 Å². The molecule has 3 aromatic rings. The number of rotatable bonds is 4. The number of benzene rings is 2. The number of hydrogen-bond acceptors (Lipinski definition) is 5. The zero-order valence-electron chi connectivity index (χ0n) is 21.2. The lowest BCUT2D eigenvalue weighted by Gasteiger charge is -2.26. The number of methoxy groups -OCH3 is 1. The highest BCUT2D eigenvalue weighted by molar-refractivity contribution is 7.10. The Hall–Kier alpha value is -3.38. The summed E-state index contributed by atoms with van der Waals surface area (Å²) in [5.41, 5.74) is 4.96. The summed E-state index contributed by atoms with van der Waals surface area (Å²) in [5.74, 6) is -1.15. The van der Waals surface area contributed by atoms with Crippen molar-refractivity contribution < 1.29 is 19.4 Å². The minimum Gasteiger partial charge on any atom is -0.507 e. The van der Waals surface area contributed by atoms with E-state index in [-0.39, 0.29) is 16.7 Å². The van der Waals surface area contributed by atoms with Crippen LogP contribution in [0.1, 0.15) is 59.5 Å². The van der Waals surface area contributed by atoms with Crippen molar-refractivity contribution in [2.75, 3.05) is 12.0 Å². The smallest absolute Gasteiger partial charge is 0.300 e. The third kappa shape index (κ3) is 4.27. The fraction of sp³-hybridized carbons (Fsp3) is 0.310. The number of amides is 1. The van der Waals surface area contributed by atoms with Crippen molar-refractivity contribution in [1.29, 1.82) is 0 Å². The number of nitrogens with zero attached hydrogens (tertiary/aromatic N) is 1. The zero-order valence-corrected chi connectivity index (χ0v) is 22.0. The van der Waals surface area contributed by atoms with Gasteiger partial charge in [0.2, 0.25) is 0 Å². The molecule has 6 heteroatoms. The first-order valence-corrected chi connectivity index (χ1v) is 12.4. The van der Waals surface area contributed by atoms with E-state index in [1.54, 1.807) is 6.07 Å². The molecule has 1 aromatic heterocycles. The van der Waals surface area contributed by atoms with Gasteiger partial charge in [-0.15, -0.1) is 11.3 Å². The average molecular weight is 490 g/mol. The van der Waals surface area contributed by atoms with Crippen LogP contribution in [0.25, 0.3) is 5.76 Å². The lowest BCUT2D eigenvalue weighted by Crippen LogP contribution is -2.29. The Bertz CT molecular complexity index is 1360. The summed E-state index contributed by atoms with van der Waals surface area (Å²) in [5, 5.41) is 13.6. The number of hydrogen-bond donors (Lipinski definition) is 1. The van der Waals surface area contributed by atoms with Gasteiger partial charge in [0, 0.05) is 10.6 Å². The SMILES string of the molecule is COc1ccc(C(C)(C)C)cc1/C(O)=C1\C(=O)C(=O)N(c2ccc(C)c(C)c2)C1c1sccc1C. The molecular formula is C29H31NO4S. The molecule has 0 bridgehead atoms. The summed E-state index contributed by atoms with van der Waals surface area (Å²) in [6.07, 6.45) is 0. The number of aliphatic hydroxyl groups is 1. The van der Waals surface area contributed by atoms with Gasteiger partial charge in [0.25, 0.3) is 11.7 Å². The maximum absolute atomic E-state index is 13.5. The monoisotopic (exact) mass is 489 g/mol. The van der Waals surface area contributed by atoms with E-state index >= 15 is 0 Å². The van der Waals surface area contributed by atoms with Crippen molar-refractivity contribution in [1.82, 2.24) is 0 Å². The molecule has 1 unspecified atom stereocenters. The molecule has 1 aliphatic heterocycles. The van der Waals surface area contributed by atoms with Crippen LogP contribution in [0.3, 0.4) is 0 Å². The summed E-state index contributed by atoms with van der Waals surface area (Å²) >= 11 is 1.47. The largest absolute Gasteiger partial charge is 0.507 e. The second kappa shape index (κ2) is 9.00. The van der Waals surface area contributed by atoms with Crippen LogP contribution >= 0.6 is 11.3 Å². The van der Waals surface area contributed by atoms with Crippen molar-refractivity contribution in [2.45, 2.75) is 53.0 Å². The molecule has 1 amide bonds. The van der Waals surface area contributed by atoms with E-state index in [1.807, 2.05) is 62.5 Å². The van der Waals surface area contributed by atoms with Gasteiger partial charge in [0.15, 0.2) is 0 Å². The first kappa shape index (κ1) is 24.7. The minimum atomic E-state index is -0.736. The second-order valence-electron chi connectivity index (χ2n) is 10.1. The molecule has 0 aliphatic carbocycles. The zero-order chi connectivity index (χ0) is 25.7. The molecule has 1 N–H and O–H groups in total. The lowest BCUT2D eigenvalue weighted by atomic mass is 9.85. The van der Waals surface area contributed by atoms with Crippen LogP contribution in [-0.4, -0.2) is 23.9 Å². The molecule has 4 rings (SSSR count). The molecule has 1 fully saturated rings. The molecule has 0 spiro atoms. The Morgan fingerprint density at radius 3 is 2.26 bits per heavy atom. The Morgan fingerprint density at radius 2 is 1.69 bits per heavy atom. The number of thiophene rings is 1. The Labute approximate surface area is 210 Å². The second-order valence-corrected chi connectivity index (χ2v) is 11.0. The van der Waals surface area contributed by atoms with E-state index in [2.05, 4.69) is 20.8 Å². The molecule has 2 aromatic carbocycles. The molecule has 1 saturated heterocycles. The van der Waals surface area contributed by atoms with Crippen LogP contribution in [-0.2, 0) is 15.0 Å². The third-order valence-electron chi connectivity index (χ3n) is 6.68. The van der Waals surface area contributed by atoms with Crippen LogP contribution in [0.2, 0.25) is 0 Å². The molecule has 1 aliphatic rings. The third-order valence-corrected chi connectivity index (χ3v) is 7.76. The van der Waals surface area contributed by atoms with Gasteiger partial charge in [-0.2, -0.15) is 0 Å². The van der Waals surface area contributed by atoms with Gasteiger partial charge in [-0.05, 0) is 84.2 Å². The number of carbonyl (C=O) groups excluding carboxylic acids is 2. The van der Waals surface area contributed by atoms with E-state index in [0.29, 0.717) is 17.0 Å². The average Bonchev–Trinajstić information content (AvgIpc) is 3.34. The van der Waals surface area contributed by atoms with Gasteiger partial charge in [-0.3, -0.25) is 14.5 Å². The van der Waals surface area contributed by atoms with Crippen LogP contribution < -0.4 is 9.64 Å². The van der Waals surface area contributed by atoms with Crippen molar-refractivity contribution in [3.63, 3.8) is 0 Å². The first-order chi connectivity index (χ1) is 16.5. The number of aliphatic hydroxyl groups excluding tert-OH is 1. The van der Waals surface area contributed by atoms with Crippen LogP contribution in [0, 0.1) is 20.8 Å². The number of aryl methyl sites for hydroxylation is 3. The maximum Gasteiger partial charge on any atom is 0.300 e. The molecule has 35 heavy (non-hydrogen) atoms. The summed E-state index contributed by atoms with van der Waals surface area (Å²) in [6, 6.07) is 12.5. The maximum atomic E-state index is 13.5. The van der Waals surface area contributed by atoms with E-state index in [4.69, 9.17) is 4.74 Å². The van der Waals surface area contributed by atoms with Gasteiger partial charge in [0.05, 0.1) is 18.2 Å². The molecule has 5 nitrogen and oxygen atoms in total.